The fourth-order valence-electron chi connectivity index (χ4n) is 6.86. The van der Waals surface area contributed by atoms with E-state index in [9.17, 15) is 24.6 Å². The number of carboxylic acid groups (broad SMARTS) is 1. The Labute approximate surface area is 258 Å². The standard InChI is InChI=1S/C32H30Cl2FN3O5/c1-32(31(43)36-20-5-2-4-19(33)15-20)27(21-6-3-7-22(34)28(21)35)26-24(38(32)16-17-8-9-17)12-13-37(29(26)40)23-11-10-18(30(41)42)14-25(23)39/h2-7,10-11,14-15,17,24,26-27,39H,8-9,12-13,16H2,1H3,(H,36,43)(H,41,42)/t24-,26+,27-,32+/m0/s1. The van der Waals surface area contributed by atoms with Gasteiger partial charge in [0.25, 0.3) is 0 Å². The number of fused-ring (bicyclic) bond motifs is 1. The van der Waals surface area contributed by atoms with Gasteiger partial charge in [0.2, 0.25) is 11.8 Å². The molecule has 6 rings (SSSR count). The quantitative estimate of drug-likeness (QED) is 0.290. The van der Waals surface area contributed by atoms with Crippen LogP contribution in [0.15, 0.2) is 60.7 Å². The van der Waals surface area contributed by atoms with Crippen molar-refractivity contribution in [2.24, 2.45) is 11.8 Å². The number of carboxylic acids is 1. The Bertz CT molecular complexity index is 1630. The van der Waals surface area contributed by atoms with Gasteiger partial charge in [-0.15, -0.1) is 0 Å². The molecule has 2 heterocycles. The second kappa shape index (κ2) is 11.1. The maximum absolute atomic E-state index is 15.9. The van der Waals surface area contributed by atoms with E-state index in [2.05, 4.69) is 10.2 Å². The lowest BCUT2D eigenvalue weighted by Crippen LogP contribution is -2.56. The third-order valence-corrected chi connectivity index (χ3v) is 9.63. The molecule has 1 saturated carbocycles. The van der Waals surface area contributed by atoms with Crippen LogP contribution in [0, 0.1) is 17.7 Å². The number of anilines is 2. The molecule has 0 spiro atoms. The van der Waals surface area contributed by atoms with Crippen molar-refractivity contribution in [1.29, 1.82) is 0 Å². The molecule has 11 heteroatoms. The zero-order chi connectivity index (χ0) is 30.6. The smallest absolute Gasteiger partial charge is 0.335 e. The molecule has 3 fully saturated rings. The minimum Gasteiger partial charge on any atom is -0.506 e. The number of hydrogen-bond donors (Lipinski definition) is 3. The Morgan fingerprint density at radius 3 is 2.49 bits per heavy atom. The number of nitrogens with zero attached hydrogens (tertiary/aromatic N) is 2. The summed E-state index contributed by atoms with van der Waals surface area (Å²) < 4.78 is 15.9. The second-order valence-corrected chi connectivity index (χ2v) is 12.6. The predicted molar refractivity (Wildman–Crippen MR) is 161 cm³/mol. The maximum atomic E-state index is 15.9. The molecular formula is C32H30Cl2FN3O5. The van der Waals surface area contributed by atoms with Gasteiger partial charge in [-0.2, -0.15) is 0 Å². The fourth-order valence-corrected chi connectivity index (χ4v) is 7.23. The molecule has 3 aromatic carbocycles. The average Bonchev–Trinajstić information content (AvgIpc) is 3.75. The van der Waals surface area contributed by atoms with Gasteiger partial charge in [-0.1, -0.05) is 41.4 Å². The molecule has 4 atom stereocenters. The van der Waals surface area contributed by atoms with Gasteiger partial charge in [0.15, 0.2) is 0 Å². The van der Waals surface area contributed by atoms with Gasteiger partial charge in [-0.25, -0.2) is 9.18 Å². The molecule has 2 saturated heterocycles. The Balaban J connectivity index is 1.48. The van der Waals surface area contributed by atoms with Crippen molar-refractivity contribution in [2.45, 2.75) is 43.7 Å². The molecule has 43 heavy (non-hydrogen) atoms. The lowest BCUT2D eigenvalue weighted by atomic mass is 9.72. The number of carbonyl (C=O) groups excluding carboxylic acids is 2. The van der Waals surface area contributed by atoms with E-state index in [-0.39, 0.29) is 40.0 Å². The van der Waals surface area contributed by atoms with Crippen molar-refractivity contribution >= 4 is 52.4 Å². The number of amides is 2. The van der Waals surface area contributed by atoms with Gasteiger partial charge >= 0.3 is 5.97 Å². The number of halogens is 3. The van der Waals surface area contributed by atoms with Crippen molar-refractivity contribution < 1.29 is 29.0 Å². The van der Waals surface area contributed by atoms with Crippen LogP contribution in [0.4, 0.5) is 15.8 Å². The Hall–Kier alpha value is -3.66. The molecule has 0 unspecified atom stereocenters. The van der Waals surface area contributed by atoms with Crippen LogP contribution in [0.25, 0.3) is 0 Å². The molecule has 0 aromatic heterocycles. The van der Waals surface area contributed by atoms with Crippen molar-refractivity contribution in [3.05, 3.63) is 87.7 Å². The summed E-state index contributed by atoms with van der Waals surface area (Å²) in [6.07, 6.45) is 2.45. The van der Waals surface area contributed by atoms with E-state index in [1.165, 1.54) is 23.1 Å². The van der Waals surface area contributed by atoms with Gasteiger partial charge in [0, 0.05) is 35.8 Å². The van der Waals surface area contributed by atoms with Gasteiger partial charge < -0.3 is 20.4 Å². The number of phenols is 1. The number of nitrogens with one attached hydrogen (secondary N) is 1. The summed E-state index contributed by atoms with van der Waals surface area (Å²) in [6, 6.07) is 14.8. The SMILES string of the molecule is C[C@]1(C(=O)Nc2cccc(Cl)c2)[C@@H](c2cccc(Cl)c2F)[C@@H]2C(=O)N(c3ccc(C(=O)O)cc3O)CC[C@@H]2N1CC1CC1. The zero-order valence-corrected chi connectivity index (χ0v) is 24.8. The molecule has 224 valence electrons. The lowest BCUT2D eigenvalue weighted by molar-refractivity contribution is -0.127. The molecule has 2 aliphatic heterocycles. The number of rotatable bonds is 7. The number of likely N-dealkylation sites (tertiary alicyclic amines) is 1. The highest BCUT2D eigenvalue weighted by molar-refractivity contribution is 6.31. The summed E-state index contributed by atoms with van der Waals surface area (Å²) in [5.41, 5.74) is -0.701. The number of aromatic carboxylic acids is 1. The van der Waals surface area contributed by atoms with Crippen LogP contribution in [-0.4, -0.2) is 57.6 Å². The summed E-state index contributed by atoms with van der Waals surface area (Å²) in [5.74, 6) is -4.51. The number of carbonyl (C=O) groups is 3. The summed E-state index contributed by atoms with van der Waals surface area (Å²) in [7, 11) is 0. The zero-order valence-electron chi connectivity index (χ0n) is 23.3. The largest absolute Gasteiger partial charge is 0.506 e. The first-order chi connectivity index (χ1) is 20.5. The normalized spacial score (nSPS) is 25.4. The molecule has 2 amide bonds. The van der Waals surface area contributed by atoms with Crippen LogP contribution in [0.5, 0.6) is 5.75 Å². The van der Waals surface area contributed by atoms with Crippen LogP contribution < -0.4 is 10.2 Å². The van der Waals surface area contributed by atoms with Gasteiger partial charge in [0.1, 0.15) is 17.1 Å². The lowest BCUT2D eigenvalue weighted by Gasteiger charge is -2.40. The fraction of sp³-hybridized carbons (Fsp3) is 0.344. The molecule has 8 nitrogen and oxygen atoms in total. The van der Waals surface area contributed by atoms with E-state index in [1.54, 1.807) is 43.3 Å². The van der Waals surface area contributed by atoms with Gasteiger partial charge in [0.05, 0.1) is 22.2 Å². The number of aromatic hydroxyl groups is 1. The van der Waals surface area contributed by atoms with Crippen molar-refractivity contribution in [2.75, 3.05) is 23.3 Å². The molecule has 0 bridgehead atoms. The number of hydrogen-bond acceptors (Lipinski definition) is 5. The van der Waals surface area contributed by atoms with E-state index in [0.29, 0.717) is 29.6 Å². The maximum Gasteiger partial charge on any atom is 0.335 e. The van der Waals surface area contributed by atoms with Gasteiger partial charge in [-0.05, 0) is 80.1 Å². The predicted octanol–water partition coefficient (Wildman–Crippen LogP) is 6.16. The highest BCUT2D eigenvalue weighted by Crippen LogP contribution is 2.55. The number of piperidine rings is 1. The first-order valence-corrected chi connectivity index (χ1v) is 14.9. The van der Waals surface area contributed by atoms with E-state index < -0.39 is 41.1 Å². The Morgan fingerprint density at radius 2 is 1.81 bits per heavy atom. The molecule has 3 N–H and O–H groups in total. The minimum atomic E-state index is -1.37. The van der Waals surface area contributed by atoms with Crippen molar-refractivity contribution in [1.82, 2.24) is 4.90 Å². The monoisotopic (exact) mass is 625 g/mol. The van der Waals surface area contributed by atoms with E-state index in [0.717, 1.165) is 18.9 Å². The number of phenolic OH excluding ortho intramolecular Hbond substituents is 1. The molecule has 1 aliphatic carbocycles. The van der Waals surface area contributed by atoms with Gasteiger partial charge in [-0.3, -0.25) is 14.5 Å². The minimum absolute atomic E-state index is 0.116. The van der Waals surface area contributed by atoms with E-state index >= 15 is 4.39 Å². The third kappa shape index (κ3) is 5.13. The Kier molecular flexibility index (Phi) is 7.61. The summed E-state index contributed by atoms with van der Waals surface area (Å²) >= 11 is 12.5. The molecule has 3 aromatic rings. The summed E-state index contributed by atoms with van der Waals surface area (Å²) in [6.45, 7) is 2.54. The van der Waals surface area contributed by atoms with E-state index in [4.69, 9.17) is 23.2 Å². The molecular weight excluding hydrogens is 596 g/mol. The van der Waals surface area contributed by atoms with Crippen LogP contribution >= 0.6 is 23.2 Å². The molecule has 3 aliphatic rings. The second-order valence-electron chi connectivity index (χ2n) is 11.7. The van der Waals surface area contributed by atoms with Crippen LogP contribution in [-0.2, 0) is 9.59 Å². The first-order valence-electron chi connectivity index (χ1n) is 14.2. The number of benzene rings is 3. The highest BCUT2D eigenvalue weighted by atomic mass is 35.5. The van der Waals surface area contributed by atoms with Crippen LogP contribution in [0.3, 0.4) is 0 Å². The van der Waals surface area contributed by atoms with Crippen molar-refractivity contribution in [3.63, 3.8) is 0 Å². The van der Waals surface area contributed by atoms with Crippen molar-refractivity contribution in [3.8, 4) is 5.75 Å². The third-order valence-electron chi connectivity index (χ3n) is 9.10. The van der Waals surface area contributed by atoms with Crippen LogP contribution in [0.1, 0.15) is 48.0 Å². The Morgan fingerprint density at radius 1 is 1.07 bits per heavy atom. The summed E-state index contributed by atoms with van der Waals surface area (Å²) in [4.78, 5) is 43.8. The average molecular weight is 627 g/mol. The first kappa shape index (κ1) is 29.4. The summed E-state index contributed by atoms with van der Waals surface area (Å²) in [5, 5.41) is 23.4. The molecule has 0 radical (unpaired) electrons. The van der Waals surface area contributed by atoms with E-state index in [1.807, 2.05) is 0 Å². The topological polar surface area (TPSA) is 110 Å². The van der Waals surface area contributed by atoms with Crippen LogP contribution in [0.2, 0.25) is 10.0 Å². The highest BCUT2D eigenvalue weighted by Gasteiger charge is 2.65.